The number of hydrogen-bond donors (Lipinski definition) is 0. The molecule has 1 fully saturated rings. The van der Waals surface area contributed by atoms with Crippen LogP contribution in [0.5, 0.6) is 0 Å². The standard InChI is InChI=1S/C13H10Br2Cl2N2O/c14-7-5-8(20-10(7)15)13-18-11(16)9(12(17)19-13)6-3-1-2-4-6/h5-6H,1-4H2. The molecule has 3 rings (SSSR count). The Labute approximate surface area is 143 Å². The second-order valence-electron chi connectivity index (χ2n) is 4.76. The van der Waals surface area contributed by atoms with Gasteiger partial charge in [0.25, 0.3) is 0 Å². The van der Waals surface area contributed by atoms with Crippen LogP contribution in [0, 0.1) is 0 Å². The minimum atomic E-state index is 0.374. The summed E-state index contributed by atoms with van der Waals surface area (Å²) in [6.45, 7) is 0. The molecule has 106 valence electrons. The molecule has 2 aromatic heterocycles. The molecule has 2 aromatic rings. The first-order valence-corrected chi connectivity index (χ1v) is 8.58. The molecule has 2 heterocycles. The number of nitrogens with zero attached hydrogens (tertiary/aromatic N) is 2. The molecule has 0 bridgehead atoms. The lowest BCUT2D eigenvalue weighted by atomic mass is 10.0. The molecule has 7 heteroatoms. The van der Waals surface area contributed by atoms with E-state index in [2.05, 4.69) is 41.8 Å². The summed E-state index contributed by atoms with van der Waals surface area (Å²) >= 11 is 19.3. The van der Waals surface area contributed by atoms with E-state index in [1.54, 1.807) is 6.07 Å². The fourth-order valence-corrected chi connectivity index (χ4v) is 3.81. The molecule has 0 unspecified atom stereocenters. The predicted molar refractivity (Wildman–Crippen MR) is 86.4 cm³/mol. The Morgan fingerprint density at radius 2 is 1.70 bits per heavy atom. The van der Waals surface area contributed by atoms with Crippen LogP contribution in [0.1, 0.15) is 37.2 Å². The second-order valence-corrected chi connectivity index (χ2v) is 7.05. The summed E-state index contributed by atoms with van der Waals surface area (Å²) in [5.41, 5.74) is 0.874. The fourth-order valence-electron chi connectivity index (χ4n) is 2.53. The summed E-state index contributed by atoms with van der Waals surface area (Å²) in [5, 5.41) is 0.853. The van der Waals surface area contributed by atoms with Crippen molar-refractivity contribution >= 4 is 55.1 Å². The van der Waals surface area contributed by atoms with Crippen LogP contribution < -0.4 is 0 Å². The number of rotatable bonds is 2. The van der Waals surface area contributed by atoms with Crippen molar-refractivity contribution in [1.82, 2.24) is 9.97 Å². The average Bonchev–Trinajstić information content (AvgIpc) is 3.00. The Balaban J connectivity index is 2.02. The van der Waals surface area contributed by atoms with Crippen LogP contribution in [-0.2, 0) is 0 Å². The Bertz CT molecular complexity index is 611. The molecule has 0 aromatic carbocycles. The van der Waals surface area contributed by atoms with Crippen LogP contribution in [0.25, 0.3) is 11.6 Å². The highest BCUT2D eigenvalue weighted by Gasteiger charge is 2.25. The molecule has 0 aliphatic heterocycles. The molecule has 20 heavy (non-hydrogen) atoms. The Morgan fingerprint density at radius 3 is 2.20 bits per heavy atom. The van der Waals surface area contributed by atoms with E-state index in [0.717, 1.165) is 22.9 Å². The molecular weight excluding hydrogens is 431 g/mol. The van der Waals surface area contributed by atoms with Gasteiger partial charge in [-0.1, -0.05) is 36.0 Å². The molecule has 1 aliphatic carbocycles. The summed E-state index contributed by atoms with van der Waals surface area (Å²) in [7, 11) is 0. The predicted octanol–water partition coefficient (Wildman–Crippen LogP) is 6.23. The lowest BCUT2D eigenvalue weighted by Crippen LogP contribution is -2.01. The van der Waals surface area contributed by atoms with Gasteiger partial charge in [0.05, 0.1) is 4.47 Å². The van der Waals surface area contributed by atoms with Gasteiger partial charge in [0.2, 0.25) is 0 Å². The lowest BCUT2D eigenvalue weighted by molar-refractivity contribution is 0.549. The molecule has 3 nitrogen and oxygen atoms in total. The Kier molecular flexibility index (Phi) is 4.41. The van der Waals surface area contributed by atoms with E-state index in [4.69, 9.17) is 27.6 Å². The van der Waals surface area contributed by atoms with Crippen LogP contribution in [-0.4, -0.2) is 9.97 Å². The van der Waals surface area contributed by atoms with Gasteiger partial charge in [0, 0.05) is 11.6 Å². The van der Waals surface area contributed by atoms with Crippen molar-refractivity contribution in [2.24, 2.45) is 0 Å². The van der Waals surface area contributed by atoms with Crippen LogP contribution in [0.15, 0.2) is 19.6 Å². The fraction of sp³-hybridized carbons (Fsp3) is 0.385. The van der Waals surface area contributed by atoms with Gasteiger partial charge in [0.1, 0.15) is 10.3 Å². The van der Waals surface area contributed by atoms with Gasteiger partial charge in [-0.05, 0) is 50.6 Å². The summed E-state index contributed by atoms with van der Waals surface area (Å²) in [6.07, 6.45) is 4.61. The quantitative estimate of drug-likeness (QED) is 0.520. The third-order valence-corrected chi connectivity index (χ3v) is 5.77. The monoisotopic (exact) mass is 438 g/mol. The minimum absolute atomic E-state index is 0.374. The number of furan rings is 1. The van der Waals surface area contributed by atoms with Gasteiger partial charge in [-0.3, -0.25) is 0 Å². The highest BCUT2D eigenvalue weighted by molar-refractivity contribution is 9.13. The SMILES string of the molecule is Clc1nc(-c2cc(Br)c(Br)o2)nc(Cl)c1C1CCCC1. The Hall–Kier alpha value is -0.100. The molecule has 1 saturated carbocycles. The maximum atomic E-state index is 6.31. The van der Waals surface area contributed by atoms with Crippen molar-refractivity contribution in [1.29, 1.82) is 0 Å². The molecule has 0 radical (unpaired) electrons. The molecule has 0 atom stereocenters. The van der Waals surface area contributed by atoms with Gasteiger partial charge in [0.15, 0.2) is 16.3 Å². The number of halogens is 4. The van der Waals surface area contributed by atoms with E-state index >= 15 is 0 Å². The van der Waals surface area contributed by atoms with E-state index in [-0.39, 0.29) is 0 Å². The van der Waals surface area contributed by atoms with Crippen molar-refractivity contribution in [3.63, 3.8) is 0 Å². The van der Waals surface area contributed by atoms with Crippen molar-refractivity contribution in [2.45, 2.75) is 31.6 Å². The zero-order chi connectivity index (χ0) is 14.3. The maximum absolute atomic E-state index is 6.31. The smallest absolute Gasteiger partial charge is 0.198 e. The molecule has 0 spiro atoms. The number of hydrogen-bond acceptors (Lipinski definition) is 3. The summed E-state index contributed by atoms with van der Waals surface area (Å²) < 4.78 is 6.88. The Morgan fingerprint density at radius 1 is 1.10 bits per heavy atom. The zero-order valence-corrected chi connectivity index (χ0v) is 15.0. The largest absolute Gasteiger partial charge is 0.445 e. The summed E-state index contributed by atoms with van der Waals surface area (Å²) in [5.74, 6) is 1.29. The lowest BCUT2D eigenvalue weighted by Gasteiger charge is -2.13. The van der Waals surface area contributed by atoms with Gasteiger partial charge in [-0.15, -0.1) is 0 Å². The third kappa shape index (κ3) is 2.78. The molecule has 1 aliphatic rings. The highest BCUT2D eigenvalue weighted by atomic mass is 79.9. The minimum Gasteiger partial charge on any atom is -0.445 e. The van der Waals surface area contributed by atoms with Gasteiger partial charge >= 0.3 is 0 Å². The molecule has 0 N–H and O–H groups in total. The normalized spacial score (nSPS) is 16.0. The first-order chi connectivity index (χ1) is 9.56. The van der Waals surface area contributed by atoms with Crippen molar-refractivity contribution in [3.8, 4) is 11.6 Å². The summed E-state index contributed by atoms with van der Waals surface area (Å²) in [6, 6.07) is 1.78. The van der Waals surface area contributed by atoms with E-state index in [0.29, 0.717) is 32.5 Å². The maximum Gasteiger partial charge on any atom is 0.198 e. The van der Waals surface area contributed by atoms with Gasteiger partial charge in [-0.25, -0.2) is 9.97 Å². The third-order valence-electron chi connectivity index (χ3n) is 3.48. The van der Waals surface area contributed by atoms with Gasteiger partial charge in [-0.2, -0.15) is 0 Å². The highest BCUT2D eigenvalue weighted by Crippen LogP contribution is 2.41. The van der Waals surface area contributed by atoms with Crippen molar-refractivity contribution in [2.75, 3.05) is 0 Å². The van der Waals surface area contributed by atoms with E-state index in [9.17, 15) is 0 Å². The second kappa shape index (κ2) is 5.95. The molecule has 0 saturated heterocycles. The van der Waals surface area contributed by atoms with E-state index in [1.807, 2.05) is 0 Å². The summed E-state index contributed by atoms with van der Waals surface area (Å²) in [4.78, 5) is 8.68. The van der Waals surface area contributed by atoms with E-state index < -0.39 is 0 Å². The van der Waals surface area contributed by atoms with Crippen LogP contribution in [0.3, 0.4) is 0 Å². The zero-order valence-electron chi connectivity index (χ0n) is 10.3. The first-order valence-electron chi connectivity index (χ1n) is 6.24. The van der Waals surface area contributed by atoms with Crippen molar-refractivity contribution in [3.05, 3.63) is 31.1 Å². The first kappa shape index (κ1) is 14.8. The van der Waals surface area contributed by atoms with Crippen LogP contribution >= 0.6 is 55.1 Å². The topological polar surface area (TPSA) is 38.9 Å². The van der Waals surface area contributed by atoms with Crippen molar-refractivity contribution < 1.29 is 4.42 Å². The van der Waals surface area contributed by atoms with Crippen LogP contribution in [0.2, 0.25) is 10.3 Å². The van der Waals surface area contributed by atoms with E-state index in [1.165, 1.54) is 12.8 Å². The average molecular weight is 441 g/mol. The van der Waals surface area contributed by atoms with Crippen LogP contribution in [0.4, 0.5) is 0 Å². The molecular formula is C13H10Br2Cl2N2O. The van der Waals surface area contributed by atoms with Gasteiger partial charge < -0.3 is 4.42 Å². The number of aromatic nitrogens is 2. The molecule has 0 amide bonds.